The molecular formula is C83H114N3NaO14S3. The summed E-state index contributed by atoms with van der Waals surface area (Å²) in [6, 6.07) is 5.36. The Morgan fingerprint density at radius 3 is 1.18 bits per heavy atom. The van der Waals surface area contributed by atoms with Gasteiger partial charge in [0.25, 0.3) is 0 Å². The van der Waals surface area contributed by atoms with Gasteiger partial charge in [0.1, 0.15) is 15.5 Å². The van der Waals surface area contributed by atoms with Crippen LogP contribution in [-0.4, -0.2) is 123 Å². The second-order valence-electron chi connectivity index (χ2n) is 34.0. The van der Waals surface area contributed by atoms with Gasteiger partial charge in [0.2, 0.25) is 17.7 Å². The first-order valence-electron chi connectivity index (χ1n) is 38.1. The maximum Gasteiger partial charge on any atom is 1.00 e. The van der Waals surface area contributed by atoms with Crippen LogP contribution < -0.4 is 49.4 Å². The van der Waals surface area contributed by atoms with Gasteiger partial charge in [-0.25, -0.2) is 9.59 Å². The Hall–Kier alpha value is -4.89. The van der Waals surface area contributed by atoms with E-state index in [0.717, 1.165) is 137 Å². The third kappa shape index (κ3) is 23.6. The predicted octanol–water partition coefficient (Wildman–Crippen LogP) is 12.6. The average Bonchev–Trinajstić information content (AvgIpc) is 1.56. The summed E-state index contributed by atoms with van der Waals surface area (Å²) in [5, 5.41) is 23.4. The first kappa shape index (κ1) is 84.7. The molecule has 1 spiro atoms. The second-order valence-corrected chi connectivity index (χ2v) is 37.1. The van der Waals surface area contributed by atoms with E-state index in [0.29, 0.717) is 114 Å². The molecule has 0 bridgehead atoms. The van der Waals surface area contributed by atoms with Crippen molar-refractivity contribution in [2.45, 2.75) is 279 Å². The normalized spacial score (nSPS) is 27.0. The van der Waals surface area contributed by atoms with Crippen molar-refractivity contribution in [3.05, 3.63) is 47.5 Å². The first-order valence-corrected chi connectivity index (χ1v) is 40.5. The Morgan fingerprint density at radius 1 is 0.529 bits per heavy atom. The number of ether oxygens (including phenoxy) is 5. The molecule has 5 heterocycles. The SMILES string of the molecule is CC1CCC(C(=O)N(c2cc(C#CC(C)(C)C)sc2C(=O)[O-])C2CCC(O)(CO[C@@H]3CCOC3)CC2)CC1.COC(=O)c1sc(C#CC(C)(C)C)cc1N(C(=O)C1CCC(C)CC1)C1CCC(=O)CC1.COC(=O)c1sc(C#CC(C)(C)C)cc1N(C(=O)C1CCC(C)CC1)C1CCC2(CC1)CO2.[Na+]. The van der Waals surface area contributed by atoms with Gasteiger partial charge in [0, 0.05) is 71.6 Å². The number of rotatable bonds is 15. The number of epoxide rings is 1. The number of carbonyl (C=O) groups is 7. The number of hydrogen-bond donors (Lipinski definition) is 1. The zero-order valence-electron chi connectivity index (χ0n) is 64.8. The van der Waals surface area contributed by atoms with Gasteiger partial charge in [-0.3, -0.25) is 19.2 Å². The molecule has 564 valence electrons. The third-order valence-corrected chi connectivity index (χ3v) is 24.8. The van der Waals surface area contributed by atoms with Crippen LogP contribution in [-0.2, 0) is 42.9 Å². The number of carboxylic acids is 1. The Labute approximate surface area is 653 Å². The summed E-state index contributed by atoms with van der Waals surface area (Å²) in [4.78, 5) is 100. The van der Waals surface area contributed by atoms with E-state index in [1.54, 1.807) is 11.0 Å². The summed E-state index contributed by atoms with van der Waals surface area (Å²) < 4.78 is 27.2. The number of amides is 3. The van der Waals surface area contributed by atoms with E-state index < -0.39 is 23.5 Å². The molecule has 17 nitrogen and oxygen atoms in total. The van der Waals surface area contributed by atoms with Gasteiger partial charge in [-0.15, -0.1) is 34.0 Å². The smallest absolute Gasteiger partial charge is 0.544 e. The van der Waals surface area contributed by atoms with Crippen LogP contribution in [0.1, 0.15) is 287 Å². The molecule has 104 heavy (non-hydrogen) atoms. The van der Waals surface area contributed by atoms with Gasteiger partial charge in [0.05, 0.1) is 93.9 Å². The standard InChI is InChI=1S/C30H43NO6S.C27H37NO4S.C26H35NO4S.Na/c1-20-5-7-21(8-6-20)27(32)31(25-17-24(11-13-29(2,3)4)38-26(25)28(33)34)22-9-14-30(35,15-10-22)19-37-23-12-16-36-18-23;1-18-6-8-19(9-7-18)24(29)28(20-10-14-27(15-11-20)17-32-27)22-16-21(12-13-26(2,3)4)33-23(22)25(30)31-5;1-17-6-8-18(9-7-17)24(29)27(19-10-12-20(28)13-11-19)22-16-21(14-15-26(2,3)4)32-23(22)25(30)31-5;/h17,20-23,35H,5-10,12,14-16,18-19H2,1-4H3,(H,33,34);16,18-20H,6-11,14-15,17H2,1-5H3;16-19H,6-13H2,1-5H3;/q;;;+1/p-1/t20?,21?,22?,23-,30?;;;/m1.../s1. The number of ketones is 1. The number of esters is 2. The number of anilines is 3. The summed E-state index contributed by atoms with van der Waals surface area (Å²) in [5.41, 5.74) is 0.221. The fraction of sp³-hybridized carbons (Fsp3) is 0.699. The van der Waals surface area contributed by atoms with Crippen molar-refractivity contribution in [3.63, 3.8) is 0 Å². The largest absolute Gasteiger partial charge is 1.00 e. The van der Waals surface area contributed by atoms with Crippen LogP contribution in [0.3, 0.4) is 0 Å². The fourth-order valence-electron chi connectivity index (χ4n) is 15.3. The summed E-state index contributed by atoms with van der Waals surface area (Å²) >= 11 is 3.69. The van der Waals surface area contributed by atoms with Crippen molar-refractivity contribution in [2.75, 3.05) is 55.3 Å². The van der Waals surface area contributed by atoms with Crippen LogP contribution in [0.4, 0.5) is 17.1 Å². The molecule has 21 heteroatoms. The van der Waals surface area contributed by atoms with E-state index in [1.807, 2.05) is 63.5 Å². The van der Waals surface area contributed by atoms with Crippen molar-refractivity contribution in [3.8, 4) is 35.5 Å². The van der Waals surface area contributed by atoms with Crippen LogP contribution in [0.25, 0.3) is 0 Å². The van der Waals surface area contributed by atoms with E-state index in [2.05, 4.69) is 77.1 Å². The Bertz CT molecular complexity index is 3660. The molecule has 8 aliphatic rings. The van der Waals surface area contributed by atoms with Gasteiger partial charge in [-0.05, 0) is 246 Å². The van der Waals surface area contributed by atoms with Gasteiger partial charge in [-0.1, -0.05) is 56.3 Å². The van der Waals surface area contributed by atoms with Crippen molar-refractivity contribution < 1.29 is 97.0 Å². The zero-order valence-corrected chi connectivity index (χ0v) is 69.3. The van der Waals surface area contributed by atoms with E-state index in [9.17, 15) is 43.8 Å². The Balaban J connectivity index is 0.000000197. The number of aliphatic hydroxyl groups is 1. The van der Waals surface area contributed by atoms with E-state index >= 15 is 0 Å². The van der Waals surface area contributed by atoms with Crippen LogP contribution in [0.15, 0.2) is 18.2 Å². The minimum atomic E-state index is -1.29. The number of nitrogens with zero attached hydrogens (tertiary/aromatic N) is 3. The quantitative estimate of drug-likeness (QED) is 0.0647. The van der Waals surface area contributed by atoms with Crippen molar-refractivity contribution in [1.82, 2.24) is 0 Å². The number of thiophene rings is 3. The van der Waals surface area contributed by atoms with Crippen molar-refractivity contribution in [2.24, 2.45) is 51.8 Å². The molecule has 0 unspecified atom stereocenters. The van der Waals surface area contributed by atoms with E-state index in [-0.39, 0.29) is 128 Å². The van der Waals surface area contributed by atoms with Crippen LogP contribution >= 0.6 is 34.0 Å². The second kappa shape index (κ2) is 37.0. The monoisotopic (exact) mass is 1500 g/mol. The molecule has 2 aliphatic heterocycles. The van der Waals surface area contributed by atoms with Gasteiger partial charge in [-0.2, -0.15) is 0 Å². The predicted molar refractivity (Wildman–Crippen MR) is 405 cm³/mol. The van der Waals surface area contributed by atoms with Crippen LogP contribution in [0.2, 0.25) is 0 Å². The molecule has 6 saturated carbocycles. The van der Waals surface area contributed by atoms with Gasteiger partial charge >= 0.3 is 41.5 Å². The Kier molecular flexibility index (Phi) is 30.2. The van der Waals surface area contributed by atoms with E-state index in [1.165, 1.54) is 36.9 Å². The average molecular weight is 1500 g/mol. The molecule has 8 fully saturated rings. The number of Topliss-reactive ketones (excluding diaryl/α,β-unsaturated/α-hetero) is 1. The number of aromatic carboxylic acids is 1. The Morgan fingerprint density at radius 2 is 0.865 bits per heavy atom. The van der Waals surface area contributed by atoms with Crippen molar-refractivity contribution >= 4 is 92.5 Å². The van der Waals surface area contributed by atoms with Gasteiger partial charge in [0.15, 0.2) is 0 Å². The number of carboxylic acid groups (broad SMARTS) is 1. The molecule has 1 atom stereocenters. The van der Waals surface area contributed by atoms with Crippen LogP contribution in [0.5, 0.6) is 0 Å². The fourth-order valence-corrected chi connectivity index (χ4v) is 17.9. The number of hydrogen-bond acceptors (Lipinski definition) is 17. The number of methoxy groups -OCH3 is 2. The summed E-state index contributed by atoms with van der Waals surface area (Å²) in [5.74, 6) is 19.3. The topological polar surface area (TPSA) is 222 Å². The zero-order chi connectivity index (χ0) is 74.8. The molecule has 3 aromatic rings. The summed E-state index contributed by atoms with van der Waals surface area (Å²) in [6.45, 7) is 27.4. The maximum absolute atomic E-state index is 14.0. The molecule has 3 aromatic heterocycles. The third-order valence-electron chi connectivity index (χ3n) is 21.7. The first-order chi connectivity index (χ1) is 48.6. The van der Waals surface area contributed by atoms with E-state index in [4.69, 9.17) is 23.7 Å². The summed E-state index contributed by atoms with van der Waals surface area (Å²) in [7, 11) is 2.76. The van der Waals surface area contributed by atoms with Crippen LogP contribution in [0, 0.1) is 87.3 Å². The van der Waals surface area contributed by atoms with Gasteiger partial charge < -0.3 is 53.4 Å². The molecule has 3 amide bonds. The molecule has 1 N–H and O–H groups in total. The molecule has 11 rings (SSSR count). The molecule has 0 radical (unpaired) electrons. The summed E-state index contributed by atoms with van der Waals surface area (Å²) in [6.07, 6.45) is 20.4. The molecule has 0 aromatic carbocycles. The molecule has 2 saturated heterocycles. The number of carbonyl (C=O) groups excluding carboxylic acids is 7. The van der Waals surface area contributed by atoms with Crippen molar-refractivity contribution in [1.29, 1.82) is 0 Å². The molecular weight excluding hydrogens is 1380 g/mol. The minimum Gasteiger partial charge on any atom is -0.544 e. The molecule has 6 aliphatic carbocycles. The maximum atomic E-state index is 14.0. The minimum absolute atomic E-state index is 0.